The molecule has 4 heteroatoms. The molecule has 0 N–H and O–H groups in total. The van der Waals surface area contributed by atoms with Gasteiger partial charge in [-0.2, -0.15) is 0 Å². The topological polar surface area (TPSA) is 52.6 Å². The van der Waals surface area contributed by atoms with Gasteiger partial charge in [0.1, 0.15) is 0 Å². The summed E-state index contributed by atoms with van der Waals surface area (Å²) in [5, 5.41) is 0. The zero-order valence-electron chi connectivity index (χ0n) is 11.7. The van der Waals surface area contributed by atoms with Crippen molar-refractivity contribution in [3.8, 4) is 0 Å². The van der Waals surface area contributed by atoms with Gasteiger partial charge < -0.3 is 9.47 Å². The molecule has 0 bridgehead atoms. The minimum atomic E-state index is -1.22. The van der Waals surface area contributed by atoms with Gasteiger partial charge in [-0.15, -0.1) is 5.73 Å². The van der Waals surface area contributed by atoms with Crippen LogP contribution in [0.25, 0.3) is 0 Å². The number of hydrogen-bond donors (Lipinski definition) is 0. The van der Waals surface area contributed by atoms with E-state index in [1.165, 1.54) is 0 Å². The second kappa shape index (κ2) is 6.95. The molecule has 0 aliphatic heterocycles. The van der Waals surface area contributed by atoms with E-state index in [1.807, 2.05) is 13.0 Å². The lowest BCUT2D eigenvalue weighted by molar-refractivity contribution is -0.171. The molecule has 0 aromatic carbocycles. The number of carbonyl (C=O) groups excluding carboxylic acids is 2. The SMILES string of the molecule is CC=C=CC1=CCC(C(=O)OCC)(C(=O)OCC)C1. The van der Waals surface area contributed by atoms with Crippen molar-refractivity contribution in [3.05, 3.63) is 29.5 Å². The van der Waals surface area contributed by atoms with Gasteiger partial charge in [0, 0.05) is 0 Å². The summed E-state index contributed by atoms with van der Waals surface area (Å²) in [6.45, 7) is 5.80. The van der Waals surface area contributed by atoms with Crippen LogP contribution in [0.15, 0.2) is 29.5 Å². The van der Waals surface area contributed by atoms with E-state index in [2.05, 4.69) is 5.73 Å². The maximum absolute atomic E-state index is 12.1. The lowest BCUT2D eigenvalue weighted by Gasteiger charge is -2.24. The largest absolute Gasteiger partial charge is 0.465 e. The molecule has 0 aromatic heterocycles. The molecule has 0 aromatic rings. The number of allylic oxidation sites excluding steroid dienone is 3. The van der Waals surface area contributed by atoms with Crippen LogP contribution in [-0.2, 0) is 19.1 Å². The quantitative estimate of drug-likeness (QED) is 0.435. The first-order valence-electron chi connectivity index (χ1n) is 6.51. The van der Waals surface area contributed by atoms with Gasteiger partial charge in [0.15, 0.2) is 5.41 Å². The summed E-state index contributed by atoms with van der Waals surface area (Å²) in [6, 6.07) is 0. The van der Waals surface area contributed by atoms with Crippen molar-refractivity contribution >= 4 is 11.9 Å². The predicted molar refractivity (Wildman–Crippen MR) is 71.3 cm³/mol. The van der Waals surface area contributed by atoms with Crippen molar-refractivity contribution in [3.63, 3.8) is 0 Å². The fourth-order valence-electron chi connectivity index (χ4n) is 2.03. The highest BCUT2D eigenvalue weighted by atomic mass is 16.6. The molecule has 0 spiro atoms. The Hall–Kier alpha value is -1.80. The molecule has 1 rings (SSSR count). The Labute approximate surface area is 113 Å². The van der Waals surface area contributed by atoms with Crippen molar-refractivity contribution in [2.75, 3.05) is 13.2 Å². The third kappa shape index (κ3) is 3.36. The second-order valence-electron chi connectivity index (χ2n) is 4.28. The second-order valence-corrected chi connectivity index (χ2v) is 4.28. The van der Waals surface area contributed by atoms with Gasteiger partial charge in [-0.25, -0.2) is 0 Å². The van der Waals surface area contributed by atoms with Crippen LogP contribution in [0, 0.1) is 5.41 Å². The fraction of sp³-hybridized carbons (Fsp3) is 0.533. The highest BCUT2D eigenvalue weighted by Gasteiger charge is 2.50. The van der Waals surface area contributed by atoms with Gasteiger partial charge in [-0.05, 0) is 51.3 Å². The van der Waals surface area contributed by atoms with E-state index in [0.29, 0.717) is 12.8 Å². The lowest BCUT2D eigenvalue weighted by atomic mass is 9.84. The summed E-state index contributed by atoms with van der Waals surface area (Å²) < 4.78 is 10.1. The summed E-state index contributed by atoms with van der Waals surface area (Å²) in [6.07, 6.45) is 6.05. The zero-order valence-corrected chi connectivity index (χ0v) is 11.7. The van der Waals surface area contributed by atoms with Crippen LogP contribution in [0.4, 0.5) is 0 Å². The maximum Gasteiger partial charge on any atom is 0.324 e. The summed E-state index contributed by atoms with van der Waals surface area (Å²) in [5.74, 6) is -1.01. The van der Waals surface area contributed by atoms with Gasteiger partial charge in [0.25, 0.3) is 0 Å². The molecule has 0 saturated heterocycles. The van der Waals surface area contributed by atoms with Crippen LogP contribution in [0.1, 0.15) is 33.6 Å². The summed E-state index contributed by atoms with van der Waals surface area (Å²) in [7, 11) is 0. The van der Waals surface area contributed by atoms with Crippen LogP contribution < -0.4 is 0 Å². The summed E-state index contributed by atoms with van der Waals surface area (Å²) >= 11 is 0. The van der Waals surface area contributed by atoms with Gasteiger partial charge >= 0.3 is 11.9 Å². The van der Waals surface area contributed by atoms with Gasteiger partial charge in [-0.3, -0.25) is 9.59 Å². The average Bonchev–Trinajstić information content (AvgIpc) is 2.82. The molecule has 104 valence electrons. The van der Waals surface area contributed by atoms with Crippen molar-refractivity contribution < 1.29 is 19.1 Å². The Morgan fingerprint density at radius 2 is 1.89 bits per heavy atom. The molecule has 0 heterocycles. The number of ether oxygens (including phenoxy) is 2. The third-order valence-corrected chi connectivity index (χ3v) is 2.99. The average molecular weight is 264 g/mol. The van der Waals surface area contributed by atoms with E-state index < -0.39 is 17.4 Å². The highest BCUT2D eigenvalue weighted by molar-refractivity contribution is 6.01. The Balaban J connectivity index is 2.95. The summed E-state index contributed by atoms with van der Waals surface area (Å²) in [5.41, 5.74) is 2.63. The smallest absolute Gasteiger partial charge is 0.324 e. The van der Waals surface area contributed by atoms with Gasteiger partial charge in [-0.1, -0.05) is 6.08 Å². The van der Waals surface area contributed by atoms with Gasteiger partial charge in [0.05, 0.1) is 13.2 Å². The molecule has 0 saturated carbocycles. The standard InChI is InChI=1S/C15H20O4/c1-4-7-8-12-9-10-15(11-12,13(16)18-5-2)14(17)19-6-3/h4,8-9H,5-6,10-11H2,1-3H3. The number of hydrogen-bond acceptors (Lipinski definition) is 4. The molecule has 0 amide bonds. The van der Waals surface area contributed by atoms with Crippen LogP contribution in [0.3, 0.4) is 0 Å². The van der Waals surface area contributed by atoms with Gasteiger partial charge in [0.2, 0.25) is 0 Å². The molecule has 4 nitrogen and oxygen atoms in total. The maximum atomic E-state index is 12.1. The van der Waals surface area contributed by atoms with E-state index in [-0.39, 0.29) is 13.2 Å². The number of rotatable bonds is 5. The van der Waals surface area contributed by atoms with Crippen LogP contribution in [-0.4, -0.2) is 25.2 Å². The molecular formula is C15H20O4. The molecule has 0 radical (unpaired) electrons. The molecular weight excluding hydrogens is 244 g/mol. The Morgan fingerprint density at radius 3 is 2.37 bits per heavy atom. The fourth-order valence-corrected chi connectivity index (χ4v) is 2.03. The van der Waals surface area contributed by atoms with Crippen molar-refractivity contribution in [2.45, 2.75) is 33.6 Å². The first-order valence-corrected chi connectivity index (χ1v) is 6.51. The van der Waals surface area contributed by atoms with Crippen LogP contribution >= 0.6 is 0 Å². The molecule has 1 aliphatic rings. The Kier molecular flexibility index (Phi) is 5.58. The normalized spacial score (nSPS) is 16.1. The number of esters is 2. The molecule has 1 aliphatic carbocycles. The molecule has 19 heavy (non-hydrogen) atoms. The van der Waals surface area contributed by atoms with E-state index in [1.54, 1.807) is 26.0 Å². The van der Waals surface area contributed by atoms with Crippen molar-refractivity contribution in [1.29, 1.82) is 0 Å². The van der Waals surface area contributed by atoms with E-state index in [9.17, 15) is 9.59 Å². The summed E-state index contributed by atoms with van der Waals surface area (Å²) in [4.78, 5) is 24.2. The lowest BCUT2D eigenvalue weighted by Crippen LogP contribution is -2.40. The monoisotopic (exact) mass is 264 g/mol. The van der Waals surface area contributed by atoms with E-state index in [4.69, 9.17) is 9.47 Å². The Bertz CT molecular complexity index is 421. The number of carbonyl (C=O) groups is 2. The zero-order chi connectivity index (χ0) is 14.3. The van der Waals surface area contributed by atoms with E-state index >= 15 is 0 Å². The minimum absolute atomic E-state index is 0.250. The molecule has 0 atom stereocenters. The van der Waals surface area contributed by atoms with Crippen LogP contribution in [0.2, 0.25) is 0 Å². The van der Waals surface area contributed by atoms with Crippen molar-refractivity contribution in [1.82, 2.24) is 0 Å². The first-order chi connectivity index (χ1) is 9.10. The first kappa shape index (κ1) is 15.3. The highest BCUT2D eigenvalue weighted by Crippen LogP contribution is 2.40. The third-order valence-electron chi connectivity index (χ3n) is 2.99. The van der Waals surface area contributed by atoms with E-state index in [0.717, 1.165) is 5.57 Å². The molecule has 0 unspecified atom stereocenters. The predicted octanol–water partition coefficient (Wildman–Crippen LogP) is 2.55. The van der Waals surface area contributed by atoms with Crippen molar-refractivity contribution in [2.24, 2.45) is 5.41 Å². The minimum Gasteiger partial charge on any atom is -0.465 e. The Morgan fingerprint density at radius 1 is 1.32 bits per heavy atom. The van der Waals surface area contributed by atoms with Crippen LogP contribution in [0.5, 0.6) is 0 Å². The molecule has 0 fully saturated rings.